The lowest BCUT2D eigenvalue weighted by Gasteiger charge is -2.34. The Balaban J connectivity index is 2.08. The van der Waals surface area contributed by atoms with Gasteiger partial charge in [-0.3, -0.25) is 14.4 Å². The van der Waals surface area contributed by atoms with E-state index in [9.17, 15) is 14.4 Å². The second-order valence-corrected chi connectivity index (χ2v) is 10.5. The van der Waals surface area contributed by atoms with E-state index < -0.39 is 11.9 Å². The van der Waals surface area contributed by atoms with Crippen molar-refractivity contribution in [3.05, 3.63) is 0 Å². The van der Waals surface area contributed by atoms with Crippen LogP contribution in [0, 0.1) is 11.8 Å². The number of amides is 1. The topological polar surface area (TPSA) is 72.9 Å². The first kappa shape index (κ1) is 31.4. The third kappa shape index (κ3) is 13.3. The fourth-order valence-corrected chi connectivity index (χ4v) is 4.79. The van der Waals surface area contributed by atoms with Crippen LogP contribution in [0.4, 0.5) is 0 Å². The number of carbonyl (C=O) groups is 3. The van der Waals surface area contributed by atoms with E-state index in [1.807, 2.05) is 6.92 Å². The molecule has 35 heavy (non-hydrogen) atoms. The van der Waals surface area contributed by atoms with Crippen molar-refractivity contribution in [2.75, 3.05) is 20.7 Å². The Morgan fingerprint density at radius 2 is 1.26 bits per heavy atom. The largest absolute Gasteiger partial charge is 0.461 e. The molecule has 0 aromatic heterocycles. The van der Waals surface area contributed by atoms with Gasteiger partial charge in [0.25, 0.3) is 0 Å². The quantitative estimate of drug-likeness (QED) is 0.0934. The predicted octanol–water partition coefficient (Wildman–Crippen LogP) is 6.84. The Kier molecular flexibility index (Phi) is 17.6. The van der Waals surface area contributed by atoms with Crippen LogP contribution in [0.2, 0.25) is 0 Å². The summed E-state index contributed by atoms with van der Waals surface area (Å²) >= 11 is 0. The first-order valence-electron chi connectivity index (χ1n) is 14.5. The van der Waals surface area contributed by atoms with E-state index in [0.29, 0.717) is 12.8 Å². The van der Waals surface area contributed by atoms with Crippen LogP contribution in [0.1, 0.15) is 129 Å². The highest BCUT2D eigenvalue weighted by Crippen LogP contribution is 2.26. The van der Waals surface area contributed by atoms with Gasteiger partial charge in [0.15, 0.2) is 0 Å². The first-order chi connectivity index (χ1) is 16.9. The van der Waals surface area contributed by atoms with Gasteiger partial charge in [0.1, 0.15) is 18.6 Å². The van der Waals surface area contributed by atoms with Gasteiger partial charge in [-0.15, -0.1) is 0 Å². The average Bonchev–Trinajstić information content (AvgIpc) is 2.83. The maximum Gasteiger partial charge on any atom is 0.318 e. The molecule has 1 fully saturated rings. The van der Waals surface area contributed by atoms with Crippen LogP contribution in [-0.2, 0) is 23.9 Å². The monoisotopic (exact) mass is 495 g/mol. The molecule has 0 radical (unpaired) electrons. The van der Waals surface area contributed by atoms with Gasteiger partial charge in [0, 0.05) is 14.1 Å². The summed E-state index contributed by atoms with van der Waals surface area (Å²) in [5.74, 6) is -1.92. The summed E-state index contributed by atoms with van der Waals surface area (Å²) in [5, 5.41) is 0. The van der Waals surface area contributed by atoms with Crippen molar-refractivity contribution >= 4 is 17.8 Å². The molecule has 1 heterocycles. The second kappa shape index (κ2) is 19.6. The van der Waals surface area contributed by atoms with Crippen LogP contribution in [0.5, 0.6) is 0 Å². The third-order valence-corrected chi connectivity index (χ3v) is 7.22. The summed E-state index contributed by atoms with van der Waals surface area (Å²) in [7, 11) is 3.33. The van der Waals surface area contributed by atoms with E-state index in [-0.39, 0.29) is 30.5 Å². The van der Waals surface area contributed by atoms with Crippen molar-refractivity contribution in [3.8, 4) is 0 Å². The van der Waals surface area contributed by atoms with Crippen molar-refractivity contribution in [2.45, 2.75) is 136 Å². The third-order valence-electron chi connectivity index (χ3n) is 7.22. The molecule has 1 rings (SSSR count). The molecule has 0 aromatic rings. The number of hydrogen-bond donors (Lipinski definition) is 0. The van der Waals surface area contributed by atoms with Crippen molar-refractivity contribution in [1.82, 2.24) is 4.90 Å². The zero-order valence-electron chi connectivity index (χ0n) is 23.2. The van der Waals surface area contributed by atoms with E-state index >= 15 is 0 Å². The minimum absolute atomic E-state index is 0.0409. The number of cyclic esters (lactones) is 1. The molecule has 3 atom stereocenters. The molecule has 0 bridgehead atoms. The standard InChI is InChI=1S/C29H53NO5/c1-5-7-8-9-10-11-12-13-14-15-16-17-18-19-20-21-22-25(27(31)30(3)4)28(32)34-23-26-24(6-2)29(33)35-26/h24-26H,5-23H2,1-4H3/t24-,25-,26+/m0/s1. The predicted molar refractivity (Wildman–Crippen MR) is 141 cm³/mol. The molecular formula is C29H53NO5. The highest BCUT2D eigenvalue weighted by atomic mass is 16.6. The minimum Gasteiger partial charge on any atom is -0.461 e. The molecule has 6 nitrogen and oxygen atoms in total. The molecule has 1 aliphatic rings. The molecule has 0 aromatic carbocycles. The molecule has 0 spiro atoms. The minimum atomic E-state index is -0.771. The summed E-state index contributed by atoms with van der Waals surface area (Å²) in [6.07, 6.45) is 21.5. The Morgan fingerprint density at radius 3 is 1.66 bits per heavy atom. The van der Waals surface area contributed by atoms with E-state index in [2.05, 4.69) is 6.92 Å². The fraction of sp³-hybridized carbons (Fsp3) is 0.897. The summed E-state index contributed by atoms with van der Waals surface area (Å²) in [4.78, 5) is 38.0. The van der Waals surface area contributed by atoms with E-state index in [4.69, 9.17) is 9.47 Å². The molecule has 0 N–H and O–H groups in total. The summed E-state index contributed by atoms with van der Waals surface area (Å²) in [6.45, 7) is 4.22. The maximum absolute atomic E-state index is 12.6. The lowest BCUT2D eigenvalue weighted by atomic mass is 9.94. The smallest absolute Gasteiger partial charge is 0.318 e. The zero-order valence-corrected chi connectivity index (χ0v) is 23.2. The zero-order chi connectivity index (χ0) is 25.9. The Labute approximate surface area is 214 Å². The van der Waals surface area contributed by atoms with Crippen LogP contribution in [0.15, 0.2) is 0 Å². The van der Waals surface area contributed by atoms with Gasteiger partial charge in [0.05, 0.1) is 5.92 Å². The van der Waals surface area contributed by atoms with Crippen molar-refractivity contribution < 1.29 is 23.9 Å². The number of unbranched alkanes of at least 4 members (excludes halogenated alkanes) is 15. The molecule has 0 unspecified atom stereocenters. The molecule has 1 saturated heterocycles. The number of hydrogen-bond acceptors (Lipinski definition) is 5. The molecular weight excluding hydrogens is 442 g/mol. The van der Waals surface area contributed by atoms with E-state index in [1.54, 1.807) is 14.1 Å². The molecule has 1 amide bonds. The van der Waals surface area contributed by atoms with Crippen LogP contribution >= 0.6 is 0 Å². The average molecular weight is 496 g/mol. The summed E-state index contributed by atoms with van der Waals surface area (Å²) in [6, 6.07) is 0. The van der Waals surface area contributed by atoms with Crippen LogP contribution in [-0.4, -0.2) is 49.6 Å². The van der Waals surface area contributed by atoms with Crippen molar-refractivity contribution in [3.63, 3.8) is 0 Å². The van der Waals surface area contributed by atoms with Gasteiger partial charge in [-0.1, -0.05) is 117 Å². The second-order valence-electron chi connectivity index (χ2n) is 10.5. The number of ether oxygens (including phenoxy) is 2. The van der Waals surface area contributed by atoms with E-state index in [1.165, 1.54) is 88.4 Å². The van der Waals surface area contributed by atoms with Crippen molar-refractivity contribution in [2.24, 2.45) is 11.8 Å². The highest BCUT2D eigenvalue weighted by molar-refractivity contribution is 5.97. The van der Waals surface area contributed by atoms with E-state index in [0.717, 1.165) is 19.3 Å². The SMILES string of the molecule is CCCCCCCCCCCCCCCCCC[C@H](C(=O)OC[C@H]1OC(=O)[C@H]1CC)C(=O)N(C)C. The maximum atomic E-state index is 12.6. The van der Waals surface area contributed by atoms with Gasteiger partial charge >= 0.3 is 11.9 Å². The Hall–Kier alpha value is -1.59. The highest BCUT2D eigenvalue weighted by Gasteiger charge is 2.42. The van der Waals surface area contributed by atoms with Gasteiger partial charge in [0.2, 0.25) is 5.91 Å². The van der Waals surface area contributed by atoms with Crippen LogP contribution in [0.25, 0.3) is 0 Å². The number of rotatable bonds is 22. The number of esters is 2. The molecule has 1 aliphatic heterocycles. The molecule has 0 saturated carbocycles. The first-order valence-corrected chi connectivity index (χ1v) is 14.5. The number of carbonyl (C=O) groups excluding carboxylic acids is 3. The van der Waals surface area contributed by atoms with Gasteiger partial charge in [-0.2, -0.15) is 0 Å². The Morgan fingerprint density at radius 1 is 0.800 bits per heavy atom. The Bertz CT molecular complexity index is 592. The summed E-state index contributed by atoms with van der Waals surface area (Å²) < 4.78 is 10.4. The molecule has 0 aliphatic carbocycles. The molecule has 6 heteroatoms. The molecule has 204 valence electrons. The van der Waals surface area contributed by atoms with Crippen LogP contribution in [0.3, 0.4) is 0 Å². The van der Waals surface area contributed by atoms with Crippen LogP contribution < -0.4 is 0 Å². The normalized spacial score (nSPS) is 18.0. The van der Waals surface area contributed by atoms with Gasteiger partial charge < -0.3 is 14.4 Å². The van der Waals surface area contributed by atoms with Crippen molar-refractivity contribution in [1.29, 1.82) is 0 Å². The summed E-state index contributed by atoms with van der Waals surface area (Å²) in [5.41, 5.74) is 0. The number of nitrogens with zero attached hydrogens (tertiary/aromatic N) is 1. The van der Waals surface area contributed by atoms with Gasteiger partial charge in [-0.25, -0.2) is 0 Å². The lowest BCUT2D eigenvalue weighted by Crippen LogP contribution is -2.48. The fourth-order valence-electron chi connectivity index (χ4n) is 4.79. The lowest BCUT2D eigenvalue weighted by molar-refractivity contribution is -0.195. The van der Waals surface area contributed by atoms with Gasteiger partial charge in [-0.05, 0) is 12.8 Å².